The van der Waals surface area contributed by atoms with Gasteiger partial charge in [-0.25, -0.2) is 0 Å². The van der Waals surface area contributed by atoms with Crippen molar-refractivity contribution >= 4 is 5.69 Å². The molecule has 0 unspecified atom stereocenters. The molecular formula is C15H21NO2. The first kappa shape index (κ1) is 11.8. The third kappa shape index (κ3) is 2.78. The molecule has 2 aliphatic heterocycles. The van der Waals surface area contributed by atoms with E-state index >= 15 is 0 Å². The second-order valence-electron chi connectivity index (χ2n) is 5.19. The van der Waals surface area contributed by atoms with Crippen molar-refractivity contribution in [3.8, 4) is 5.75 Å². The molecule has 3 nitrogen and oxygen atoms in total. The van der Waals surface area contributed by atoms with Gasteiger partial charge in [-0.05, 0) is 55.4 Å². The Balaban J connectivity index is 1.48. The number of hydrogen-bond acceptors (Lipinski definition) is 3. The molecule has 1 aromatic carbocycles. The van der Waals surface area contributed by atoms with Crippen molar-refractivity contribution in [3.05, 3.63) is 23.8 Å². The van der Waals surface area contributed by atoms with Crippen LogP contribution in [0.3, 0.4) is 0 Å². The van der Waals surface area contributed by atoms with E-state index in [9.17, 15) is 0 Å². The standard InChI is InChI=1S/C15H21NO2/c1-2-15-13(3-7-16-15)11-14(1)18-10-6-12-4-8-17-9-5-12/h1-2,11-12,16H,3-10H2. The minimum absolute atomic E-state index is 0.787. The van der Waals surface area contributed by atoms with Gasteiger partial charge in [-0.2, -0.15) is 0 Å². The number of hydrogen-bond donors (Lipinski definition) is 1. The second-order valence-corrected chi connectivity index (χ2v) is 5.19. The molecule has 0 amide bonds. The molecule has 0 saturated carbocycles. The maximum absolute atomic E-state index is 5.87. The predicted octanol–water partition coefficient (Wildman–Crippen LogP) is 2.85. The fourth-order valence-corrected chi connectivity index (χ4v) is 2.75. The van der Waals surface area contributed by atoms with Gasteiger partial charge in [0.15, 0.2) is 0 Å². The lowest BCUT2D eigenvalue weighted by molar-refractivity contribution is 0.0593. The Morgan fingerprint density at radius 1 is 1.28 bits per heavy atom. The van der Waals surface area contributed by atoms with E-state index in [0.29, 0.717) is 0 Å². The molecule has 3 rings (SSSR count). The Morgan fingerprint density at radius 2 is 2.17 bits per heavy atom. The molecule has 1 saturated heterocycles. The highest BCUT2D eigenvalue weighted by atomic mass is 16.5. The summed E-state index contributed by atoms with van der Waals surface area (Å²) < 4.78 is 11.2. The summed E-state index contributed by atoms with van der Waals surface area (Å²) in [4.78, 5) is 0. The predicted molar refractivity (Wildman–Crippen MR) is 72.3 cm³/mol. The molecule has 0 radical (unpaired) electrons. The van der Waals surface area contributed by atoms with E-state index in [4.69, 9.17) is 9.47 Å². The van der Waals surface area contributed by atoms with Crippen LogP contribution in [-0.4, -0.2) is 26.4 Å². The van der Waals surface area contributed by atoms with E-state index in [0.717, 1.165) is 50.9 Å². The first-order chi connectivity index (χ1) is 8.92. The topological polar surface area (TPSA) is 30.5 Å². The highest BCUT2D eigenvalue weighted by molar-refractivity contribution is 5.57. The van der Waals surface area contributed by atoms with E-state index in [1.165, 1.54) is 24.1 Å². The third-order valence-electron chi connectivity index (χ3n) is 3.92. The van der Waals surface area contributed by atoms with Gasteiger partial charge in [0, 0.05) is 25.4 Å². The van der Waals surface area contributed by atoms with Gasteiger partial charge in [-0.1, -0.05) is 0 Å². The first-order valence-electron chi connectivity index (χ1n) is 6.99. The molecule has 1 aromatic rings. The summed E-state index contributed by atoms with van der Waals surface area (Å²) in [5.41, 5.74) is 2.66. The minimum atomic E-state index is 0.787. The quantitative estimate of drug-likeness (QED) is 0.887. The van der Waals surface area contributed by atoms with E-state index < -0.39 is 0 Å². The maximum atomic E-state index is 5.87. The molecule has 2 aliphatic rings. The van der Waals surface area contributed by atoms with Crippen LogP contribution in [0.4, 0.5) is 5.69 Å². The molecule has 3 heteroatoms. The molecular weight excluding hydrogens is 226 g/mol. The van der Waals surface area contributed by atoms with Gasteiger partial charge in [0.25, 0.3) is 0 Å². The van der Waals surface area contributed by atoms with Crippen molar-refractivity contribution in [1.82, 2.24) is 0 Å². The van der Waals surface area contributed by atoms with Crippen LogP contribution >= 0.6 is 0 Å². The summed E-state index contributed by atoms with van der Waals surface area (Å²) in [7, 11) is 0. The summed E-state index contributed by atoms with van der Waals surface area (Å²) >= 11 is 0. The third-order valence-corrected chi connectivity index (χ3v) is 3.92. The van der Waals surface area contributed by atoms with Crippen LogP contribution in [0.25, 0.3) is 0 Å². The maximum Gasteiger partial charge on any atom is 0.119 e. The summed E-state index contributed by atoms with van der Waals surface area (Å²) in [5, 5.41) is 3.37. The Morgan fingerprint density at radius 3 is 3.06 bits per heavy atom. The van der Waals surface area contributed by atoms with Crippen LogP contribution in [0.1, 0.15) is 24.8 Å². The van der Waals surface area contributed by atoms with Crippen LogP contribution in [0.15, 0.2) is 18.2 Å². The van der Waals surface area contributed by atoms with E-state index in [-0.39, 0.29) is 0 Å². The van der Waals surface area contributed by atoms with Crippen LogP contribution in [0.5, 0.6) is 5.75 Å². The first-order valence-corrected chi connectivity index (χ1v) is 6.99. The summed E-state index contributed by atoms with van der Waals surface area (Å²) in [6.07, 6.45) is 4.65. The Bertz CT molecular complexity index is 399. The summed E-state index contributed by atoms with van der Waals surface area (Å²) in [6, 6.07) is 6.38. The van der Waals surface area contributed by atoms with Gasteiger partial charge in [0.05, 0.1) is 6.61 Å². The molecule has 0 spiro atoms. The molecule has 0 aliphatic carbocycles. The van der Waals surface area contributed by atoms with Gasteiger partial charge < -0.3 is 14.8 Å². The largest absolute Gasteiger partial charge is 0.494 e. The Hall–Kier alpha value is -1.22. The fourth-order valence-electron chi connectivity index (χ4n) is 2.75. The molecule has 1 N–H and O–H groups in total. The number of anilines is 1. The van der Waals surface area contributed by atoms with Gasteiger partial charge >= 0.3 is 0 Å². The monoisotopic (exact) mass is 247 g/mol. The molecule has 18 heavy (non-hydrogen) atoms. The zero-order valence-electron chi connectivity index (χ0n) is 10.8. The van der Waals surface area contributed by atoms with Crippen molar-refractivity contribution < 1.29 is 9.47 Å². The van der Waals surface area contributed by atoms with Crippen molar-refractivity contribution in [2.45, 2.75) is 25.7 Å². The number of fused-ring (bicyclic) bond motifs is 1. The number of nitrogens with one attached hydrogen (secondary N) is 1. The lowest BCUT2D eigenvalue weighted by Crippen LogP contribution is -2.17. The molecule has 0 aromatic heterocycles. The van der Waals surface area contributed by atoms with Crippen LogP contribution < -0.4 is 10.1 Å². The molecule has 1 fully saturated rings. The van der Waals surface area contributed by atoms with Crippen molar-refractivity contribution in [1.29, 1.82) is 0 Å². The molecule has 0 bridgehead atoms. The molecule has 0 atom stereocenters. The Kier molecular flexibility index (Phi) is 3.69. The minimum Gasteiger partial charge on any atom is -0.494 e. The number of rotatable bonds is 4. The van der Waals surface area contributed by atoms with Gasteiger partial charge in [-0.3, -0.25) is 0 Å². The molecule has 98 valence electrons. The van der Waals surface area contributed by atoms with Crippen molar-refractivity contribution in [2.75, 3.05) is 31.7 Å². The van der Waals surface area contributed by atoms with E-state index in [1.807, 2.05) is 0 Å². The van der Waals surface area contributed by atoms with E-state index in [2.05, 4.69) is 23.5 Å². The van der Waals surface area contributed by atoms with Crippen LogP contribution in [0, 0.1) is 5.92 Å². The number of ether oxygens (including phenoxy) is 2. The van der Waals surface area contributed by atoms with Crippen LogP contribution in [-0.2, 0) is 11.2 Å². The highest BCUT2D eigenvalue weighted by Gasteiger charge is 2.14. The van der Waals surface area contributed by atoms with Gasteiger partial charge in [0.1, 0.15) is 5.75 Å². The zero-order valence-corrected chi connectivity index (χ0v) is 10.8. The molecule has 2 heterocycles. The SMILES string of the molecule is c1cc2c(cc1OCCC1CCOCC1)CCN2. The average Bonchev–Trinajstić information content (AvgIpc) is 2.87. The summed E-state index contributed by atoms with van der Waals surface area (Å²) in [5.74, 6) is 1.80. The lowest BCUT2D eigenvalue weighted by atomic mass is 9.97. The van der Waals surface area contributed by atoms with E-state index in [1.54, 1.807) is 0 Å². The fraction of sp³-hybridized carbons (Fsp3) is 0.600. The normalized spacial score (nSPS) is 19.3. The van der Waals surface area contributed by atoms with Crippen molar-refractivity contribution in [3.63, 3.8) is 0 Å². The zero-order chi connectivity index (χ0) is 12.2. The Labute approximate surface area is 108 Å². The lowest BCUT2D eigenvalue weighted by Gasteiger charge is -2.21. The second kappa shape index (κ2) is 5.61. The average molecular weight is 247 g/mol. The number of benzene rings is 1. The smallest absolute Gasteiger partial charge is 0.119 e. The van der Waals surface area contributed by atoms with Crippen molar-refractivity contribution in [2.24, 2.45) is 5.92 Å². The summed E-state index contributed by atoms with van der Waals surface area (Å²) in [6.45, 7) is 3.74. The van der Waals surface area contributed by atoms with Crippen LogP contribution in [0.2, 0.25) is 0 Å². The van der Waals surface area contributed by atoms with Gasteiger partial charge in [-0.15, -0.1) is 0 Å². The van der Waals surface area contributed by atoms with Gasteiger partial charge in [0.2, 0.25) is 0 Å². The highest BCUT2D eigenvalue weighted by Crippen LogP contribution is 2.27.